The van der Waals surface area contributed by atoms with Crippen molar-refractivity contribution in [1.29, 1.82) is 0 Å². The van der Waals surface area contributed by atoms with Gasteiger partial charge in [-0.2, -0.15) is 0 Å². The Morgan fingerprint density at radius 3 is 1.83 bits per heavy atom. The highest BCUT2D eigenvalue weighted by Gasteiger charge is 2.79. The number of hydrogen-bond acceptors (Lipinski definition) is 15. The first-order valence-corrected chi connectivity index (χ1v) is 23.7. The van der Waals surface area contributed by atoms with Crippen LogP contribution in [-0.4, -0.2) is 106 Å². The standard InChI is InChI=1S/C56H57NO15/c1-7-20-41(59)70-45-42-32(2)38(68-52(65)44(60)43(34-21-12-8-13-22-34)57-49(62)35-23-14-9-15-24-35)30-56(66,53(42,4)5)48(71-51(64)37-27-18-11-19-28-37)46-54(6,47(45)61)39(69-50(63)36-25-16-10-17-26-36)29-40-55(46,31-67-40)72-33(3)58/h7-28,38-40,43-46,48,60,66H,29-31H2,1-6H3,(H,57,62)/b20-7+/t38-,39-,40+,43-,44+,45+,46-,48-,54+,55-,56+/m0/s1. The highest BCUT2D eigenvalue weighted by atomic mass is 16.6. The predicted octanol–water partition coefficient (Wildman–Crippen LogP) is 6.16. The molecule has 3 N–H and O–H groups in total. The number of nitrogens with one attached hydrogen (secondary N) is 1. The molecular weight excluding hydrogens is 927 g/mol. The summed E-state index contributed by atoms with van der Waals surface area (Å²) in [6, 6.07) is 30.8. The van der Waals surface area contributed by atoms with E-state index in [-0.39, 0.29) is 40.9 Å². The maximum Gasteiger partial charge on any atom is 0.338 e. The lowest BCUT2D eigenvalue weighted by Crippen LogP contribution is -2.82. The van der Waals surface area contributed by atoms with Crippen LogP contribution in [-0.2, 0) is 47.6 Å². The Kier molecular flexibility index (Phi) is 14.3. The average Bonchev–Trinajstić information content (AvgIpc) is 3.36. The molecule has 376 valence electrons. The van der Waals surface area contributed by atoms with Crippen LogP contribution < -0.4 is 5.32 Å². The number of rotatable bonds is 13. The van der Waals surface area contributed by atoms with E-state index >= 15 is 4.79 Å². The summed E-state index contributed by atoms with van der Waals surface area (Å²) in [5.41, 5.74) is -7.44. The van der Waals surface area contributed by atoms with Gasteiger partial charge in [0, 0.05) is 36.8 Å². The zero-order chi connectivity index (χ0) is 51.8. The highest BCUT2D eigenvalue weighted by Crippen LogP contribution is 2.65. The Morgan fingerprint density at radius 2 is 1.31 bits per heavy atom. The number of ether oxygens (including phenoxy) is 6. The lowest BCUT2D eigenvalue weighted by atomic mass is 9.44. The molecule has 0 aromatic heterocycles. The zero-order valence-electron chi connectivity index (χ0n) is 40.6. The van der Waals surface area contributed by atoms with Gasteiger partial charge in [-0.1, -0.05) is 105 Å². The first-order chi connectivity index (χ1) is 34.3. The molecule has 1 amide bonds. The molecule has 1 saturated heterocycles. The van der Waals surface area contributed by atoms with Crippen LogP contribution >= 0.6 is 0 Å². The van der Waals surface area contributed by atoms with Crippen molar-refractivity contribution in [3.63, 3.8) is 0 Å². The van der Waals surface area contributed by atoms with Gasteiger partial charge in [0.25, 0.3) is 5.91 Å². The number of aliphatic hydroxyl groups excluding tert-OH is 1. The maximum atomic E-state index is 16.4. The van der Waals surface area contributed by atoms with Gasteiger partial charge >= 0.3 is 29.8 Å². The smallest absolute Gasteiger partial charge is 0.338 e. The molecule has 2 bridgehead atoms. The number of carbonyl (C=O) groups is 7. The number of benzene rings is 4. The lowest BCUT2D eigenvalue weighted by Gasteiger charge is -2.67. The minimum Gasteiger partial charge on any atom is -0.458 e. The van der Waals surface area contributed by atoms with Gasteiger partial charge in [0.1, 0.15) is 30.0 Å². The topological polar surface area (TPSA) is 227 Å². The number of Topliss-reactive ketones (excluding diaryl/α,β-unsaturated/α-hetero) is 1. The molecule has 16 nitrogen and oxygen atoms in total. The normalized spacial score (nSPS) is 29.0. The maximum absolute atomic E-state index is 16.4. The summed E-state index contributed by atoms with van der Waals surface area (Å²) < 4.78 is 37.6. The molecule has 1 aliphatic heterocycles. The quantitative estimate of drug-likeness (QED) is 0.0590. The SMILES string of the molecule is C/C=C/C(=O)O[C@H]1C(=O)[C@]2(C)[C@@H](OC(=O)c3ccccc3)C[C@H]3OC[C@@]3(OC(C)=O)[C@H]2[C@H](OC(=O)c2ccccc2)[C@]2(O)C[C@H](OC(=O)[C@H](O)[C@@H](NC(=O)c3ccccc3)c3ccccc3)C(C)=C1C2(C)C. The second-order valence-electron chi connectivity index (χ2n) is 19.4. The van der Waals surface area contributed by atoms with Crippen LogP contribution in [0.25, 0.3) is 0 Å². The zero-order valence-corrected chi connectivity index (χ0v) is 40.6. The van der Waals surface area contributed by atoms with Gasteiger partial charge in [0.15, 0.2) is 23.6 Å². The summed E-state index contributed by atoms with van der Waals surface area (Å²) >= 11 is 0. The van der Waals surface area contributed by atoms with Crippen molar-refractivity contribution in [2.45, 2.75) is 108 Å². The van der Waals surface area contributed by atoms with Gasteiger partial charge in [-0.15, -0.1) is 0 Å². The summed E-state index contributed by atoms with van der Waals surface area (Å²) in [4.78, 5) is 101. The number of allylic oxidation sites excluding steroid dienone is 1. The molecule has 3 aliphatic carbocycles. The number of carbonyl (C=O) groups excluding carboxylic acids is 7. The van der Waals surface area contributed by atoms with Gasteiger partial charge < -0.3 is 44.0 Å². The summed E-state index contributed by atoms with van der Waals surface area (Å²) in [6.45, 7) is 8.42. The molecule has 72 heavy (non-hydrogen) atoms. The van der Waals surface area contributed by atoms with Crippen molar-refractivity contribution in [1.82, 2.24) is 5.32 Å². The second-order valence-corrected chi connectivity index (χ2v) is 19.4. The van der Waals surface area contributed by atoms with E-state index in [1.54, 1.807) is 118 Å². The van der Waals surface area contributed by atoms with E-state index in [0.29, 0.717) is 5.56 Å². The van der Waals surface area contributed by atoms with Crippen molar-refractivity contribution >= 4 is 41.5 Å². The van der Waals surface area contributed by atoms with Gasteiger partial charge in [-0.05, 0) is 73.9 Å². The van der Waals surface area contributed by atoms with Crippen LogP contribution in [0.2, 0.25) is 0 Å². The molecule has 4 aromatic carbocycles. The summed E-state index contributed by atoms with van der Waals surface area (Å²) in [6.07, 6.45) is -8.44. The fourth-order valence-electron chi connectivity index (χ4n) is 11.2. The summed E-state index contributed by atoms with van der Waals surface area (Å²) in [5, 5.41) is 28.8. The van der Waals surface area contributed by atoms with Crippen LogP contribution in [0.3, 0.4) is 0 Å². The van der Waals surface area contributed by atoms with E-state index in [1.165, 1.54) is 44.2 Å². The molecule has 8 rings (SSSR count). The number of ketones is 1. The molecule has 4 aliphatic rings. The Hall–Kier alpha value is -7.27. The molecular formula is C56H57NO15. The number of aliphatic hydroxyl groups is 2. The lowest BCUT2D eigenvalue weighted by molar-refractivity contribution is -0.345. The third kappa shape index (κ3) is 9.03. The number of amides is 1. The second kappa shape index (κ2) is 20.1. The molecule has 1 heterocycles. The van der Waals surface area contributed by atoms with Crippen molar-refractivity contribution in [2.75, 3.05) is 6.61 Å². The van der Waals surface area contributed by atoms with Crippen LogP contribution in [0.1, 0.15) is 97.1 Å². The molecule has 11 atom stereocenters. The molecule has 0 spiro atoms. The minimum absolute atomic E-state index is 0.0383. The Morgan fingerprint density at radius 1 is 0.764 bits per heavy atom. The molecule has 3 fully saturated rings. The van der Waals surface area contributed by atoms with Crippen LogP contribution in [0.5, 0.6) is 0 Å². The van der Waals surface area contributed by atoms with E-state index in [9.17, 15) is 39.0 Å². The van der Waals surface area contributed by atoms with Crippen molar-refractivity contribution in [3.8, 4) is 0 Å². The minimum atomic E-state index is -2.49. The molecule has 0 unspecified atom stereocenters. The molecule has 16 heteroatoms. The summed E-state index contributed by atoms with van der Waals surface area (Å²) in [7, 11) is 0. The van der Waals surface area contributed by atoms with Crippen LogP contribution in [0.15, 0.2) is 145 Å². The van der Waals surface area contributed by atoms with E-state index in [2.05, 4.69) is 5.32 Å². The Labute approximate surface area is 416 Å². The number of fused-ring (bicyclic) bond motifs is 5. The molecule has 2 saturated carbocycles. The third-order valence-corrected chi connectivity index (χ3v) is 15.0. The largest absolute Gasteiger partial charge is 0.458 e. The molecule has 4 aromatic rings. The van der Waals surface area contributed by atoms with Gasteiger partial charge in [0.2, 0.25) is 0 Å². The highest BCUT2D eigenvalue weighted by molar-refractivity contribution is 5.98. The fraction of sp³-hybridized carbons (Fsp3) is 0.375. The number of hydrogen-bond donors (Lipinski definition) is 3. The van der Waals surface area contributed by atoms with E-state index < -0.39 is 119 Å². The van der Waals surface area contributed by atoms with E-state index in [0.717, 1.165) is 13.0 Å². The fourth-order valence-corrected chi connectivity index (χ4v) is 11.2. The monoisotopic (exact) mass is 983 g/mol. The first-order valence-electron chi connectivity index (χ1n) is 23.7. The molecule has 0 radical (unpaired) electrons. The first kappa shape index (κ1) is 51.1. The van der Waals surface area contributed by atoms with Crippen LogP contribution in [0.4, 0.5) is 0 Å². The van der Waals surface area contributed by atoms with Gasteiger partial charge in [-0.25, -0.2) is 19.2 Å². The van der Waals surface area contributed by atoms with Crippen molar-refractivity contribution in [3.05, 3.63) is 167 Å². The van der Waals surface area contributed by atoms with Gasteiger partial charge in [0.05, 0.1) is 35.1 Å². The summed E-state index contributed by atoms with van der Waals surface area (Å²) in [5.74, 6) is -8.02. The van der Waals surface area contributed by atoms with Crippen molar-refractivity contribution in [2.24, 2.45) is 16.7 Å². The Bertz CT molecular complexity index is 2800. The average molecular weight is 984 g/mol. The predicted molar refractivity (Wildman–Crippen MR) is 256 cm³/mol. The van der Waals surface area contributed by atoms with E-state index in [4.69, 9.17) is 28.4 Å². The van der Waals surface area contributed by atoms with Crippen LogP contribution in [0, 0.1) is 16.7 Å². The van der Waals surface area contributed by atoms with E-state index in [1.807, 2.05) is 0 Å². The van der Waals surface area contributed by atoms with Gasteiger partial charge in [-0.3, -0.25) is 14.4 Å². The van der Waals surface area contributed by atoms with Crippen molar-refractivity contribution < 1.29 is 72.2 Å². The Balaban J connectivity index is 1.33. The number of esters is 5. The third-order valence-electron chi connectivity index (χ3n) is 15.0.